The molecule has 18 heavy (non-hydrogen) atoms. The van der Waals surface area contributed by atoms with Crippen LogP contribution < -0.4 is 5.32 Å². The van der Waals surface area contributed by atoms with E-state index in [1.165, 1.54) is 0 Å². The zero-order valence-electron chi connectivity index (χ0n) is 12.7. The van der Waals surface area contributed by atoms with E-state index in [9.17, 15) is 4.79 Å². The van der Waals surface area contributed by atoms with E-state index in [1.54, 1.807) is 0 Å². The number of amides is 1. The lowest BCUT2D eigenvalue weighted by atomic mass is 10.2. The molecule has 0 bridgehead atoms. The lowest BCUT2D eigenvalue weighted by Crippen LogP contribution is -2.45. The molecule has 0 aromatic carbocycles. The molecule has 2 unspecified atom stereocenters. The molecule has 1 saturated heterocycles. The summed E-state index contributed by atoms with van der Waals surface area (Å²) in [6, 6.07) is 1.02. The molecule has 1 N–H and O–H groups in total. The number of carbonyl (C=O) groups is 1. The van der Waals surface area contributed by atoms with Crippen molar-refractivity contribution in [3.8, 4) is 0 Å². The molecule has 1 fully saturated rings. The Bertz CT molecular complexity index is 270. The van der Waals surface area contributed by atoms with Crippen LogP contribution in [0.2, 0.25) is 0 Å². The maximum absolute atomic E-state index is 12.1. The lowest BCUT2D eigenvalue weighted by Gasteiger charge is -2.33. The zero-order valence-corrected chi connectivity index (χ0v) is 12.7. The van der Waals surface area contributed by atoms with Crippen molar-refractivity contribution in [2.75, 3.05) is 13.1 Å². The quantitative estimate of drug-likeness (QED) is 0.784. The first-order valence-electron chi connectivity index (χ1n) is 7.20. The largest absolute Gasteiger partial charge is 0.325 e. The van der Waals surface area contributed by atoms with Crippen molar-refractivity contribution in [3.63, 3.8) is 0 Å². The smallest absolute Gasteiger partial charge is 0.240 e. The predicted molar refractivity (Wildman–Crippen MR) is 75.4 cm³/mol. The second kappa shape index (κ2) is 6.53. The summed E-state index contributed by atoms with van der Waals surface area (Å²) in [5.74, 6) is 0.245. The van der Waals surface area contributed by atoms with Crippen molar-refractivity contribution in [1.82, 2.24) is 15.1 Å². The molecule has 4 nitrogen and oxygen atoms in total. The minimum atomic E-state index is -0.0264. The summed E-state index contributed by atoms with van der Waals surface area (Å²) >= 11 is 0. The summed E-state index contributed by atoms with van der Waals surface area (Å²) < 4.78 is 0. The molecule has 1 aliphatic rings. The summed E-state index contributed by atoms with van der Waals surface area (Å²) in [4.78, 5) is 16.5. The maximum Gasteiger partial charge on any atom is 0.240 e. The van der Waals surface area contributed by atoms with Gasteiger partial charge in [0, 0.05) is 25.2 Å². The summed E-state index contributed by atoms with van der Waals surface area (Å²) in [5, 5.41) is 3.34. The maximum atomic E-state index is 12.1. The molecule has 2 atom stereocenters. The molecule has 0 aromatic heterocycles. The van der Waals surface area contributed by atoms with Crippen LogP contribution >= 0.6 is 0 Å². The van der Waals surface area contributed by atoms with Crippen LogP contribution in [0, 0.1) is 0 Å². The van der Waals surface area contributed by atoms with Crippen molar-refractivity contribution in [2.45, 2.75) is 72.3 Å². The van der Waals surface area contributed by atoms with Crippen molar-refractivity contribution in [3.05, 3.63) is 0 Å². The van der Waals surface area contributed by atoms with Gasteiger partial charge in [0.25, 0.3) is 0 Å². The van der Waals surface area contributed by atoms with Gasteiger partial charge in [0.2, 0.25) is 5.91 Å². The minimum absolute atomic E-state index is 0.0264. The third kappa shape index (κ3) is 3.45. The van der Waals surface area contributed by atoms with E-state index < -0.39 is 0 Å². The van der Waals surface area contributed by atoms with Gasteiger partial charge in [0.1, 0.15) is 0 Å². The monoisotopic (exact) mass is 255 g/mol. The normalized spacial score (nSPS) is 24.9. The third-order valence-corrected chi connectivity index (χ3v) is 3.78. The Kier molecular flexibility index (Phi) is 5.60. The molecule has 106 valence electrons. The molecule has 1 heterocycles. The standard InChI is InChI=1S/C14H29N3O/c1-7-13-15-12(6)14(18)17(13)9-8-16(10(2)3)11(4)5/h10-13,15H,7-9H2,1-6H3. The summed E-state index contributed by atoms with van der Waals surface area (Å²) in [7, 11) is 0. The fourth-order valence-electron chi connectivity index (χ4n) is 2.79. The van der Waals surface area contributed by atoms with Gasteiger partial charge in [0.05, 0.1) is 12.2 Å². The zero-order chi connectivity index (χ0) is 13.9. The van der Waals surface area contributed by atoms with Gasteiger partial charge < -0.3 is 4.90 Å². The first-order valence-corrected chi connectivity index (χ1v) is 7.20. The highest BCUT2D eigenvalue weighted by Crippen LogP contribution is 2.14. The fraction of sp³-hybridized carbons (Fsp3) is 0.929. The van der Waals surface area contributed by atoms with Gasteiger partial charge in [-0.25, -0.2) is 0 Å². The highest BCUT2D eigenvalue weighted by molar-refractivity contribution is 5.83. The molecular formula is C14H29N3O. The van der Waals surface area contributed by atoms with Crippen LogP contribution in [0.25, 0.3) is 0 Å². The fourth-order valence-corrected chi connectivity index (χ4v) is 2.79. The van der Waals surface area contributed by atoms with Crippen molar-refractivity contribution in [2.24, 2.45) is 0 Å². The number of nitrogens with zero attached hydrogens (tertiary/aromatic N) is 2. The minimum Gasteiger partial charge on any atom is -0.325 e. The van der Waals surface area contributed by atoms with Gasteiger partial charge in [-0.15, -0.1) is 0 Å². The van der Waals surface area contributed by atoms with Crippen molar-refractivity contribution in [1.29, 1.82) is 0 Å². The molecular weight excluding hydrogens is 226 g/mol. The Morgan fingerprint density at radius 2 is 1.83 bits per heavy atom. The van der Waals surface area contributed by atoms with Gasteiger partial charge in [-0.2, -0.15) is 0 Å². The van der Waals surface area contributed by atoms with Crippen LogP contribution in [0.4, 0.5) is 0 Å². The number of rotatable bonds is 6. The molecule has 0 aromatic rings. The highest BCUT2D eigenvalue weighted by Gasteiger charge is 2.34. The average Bonchev–Trinajstić information content (AvgIpc) is 2.55. The molecule has 0 radical (unpaired) electrons. The molecule has 1 rings (SSSR count). The van der Waals surface area contributed by atoms with Crippen LogP contribution in [0.5, 0.6) is 0 Å². The SMILES string of the molecule is CCC1NC(C)C(=O)N1CCN(C(C)C)C(C)C. The summed E-state index contributed by atoms with van der Waals surface area (Å²) in [6.45, 7) is 14.7. The van der Waals surface area contributed by atoms with E-state index in [0.29, 0.717) is 12.1 Å². The second-order valence-electron chi connectivity index (χ2n) is 5.77. The molecule has 0 saturated carbocycles. The van der Waals surface area contributed by atoms with E-state index in [2.05, 4.69) is 44.8 Å². The van der Waals surface area contributed by atoms with Crippen molar-refractivity contribution >= 4 is 5.91 Å². The predicted octanol–water partition coefficient (Wildman–Crippen LogP) is 1.66. The summed E-state index contributed by atoms with van der Waals surface area (Å²) in [6.07, 6.45) is 1.19. The van der Waals surface area contributed by atoms with Gasteiger partial charge in [0.15, 0.2) is 0 Å². The van der Waals surface area contributed by atoms with E-state index >= 15 is 0 Å². The highest BCUT2D eigenvalue weighted by atomic mass is 16.2. The lowest BCUT2D eigenvalue weighted by molar-refractivity contribution is -0.130. The number of carbonyl (C=O) groups excluding carboxylic acids is 1. The first-order chi connectivity index (χ1) is 8.38. The second-order valence-corrected chi connectivity index (χ2v) is 5.77. The molecule has 0 spiro atoms. The van der Waals surface area contributed by atoms with Crippen molar-refractivity contribution < 1.29 is 4.79 Å². The molecule has 4 heteroatoms. The number of hydrogen-bond acceptors (Lipinski definition) is 3. The van der Waals surface area contributed by atoms with E-state index in [1.807, 2.05) is 11.8 Å². The number of nitrogens with one attached hydrogen (secondary N) is 1. The molecule has 0 aliphatic carbocycles. The average molecular weight is 255 g/mol. The Labute approximate surface area is 112 Å². The molecule has 1 aliphatic heterocycles. The van der Waals surface area contributed by atoms with E-state index in [0.717, 1.165) is 19.5 Å². The van der Waals surface area contributed by atoms with Crippen LogP contribution in [-0.4, -0.2) is 53.1 Å². The molecule has 1 amide bonds. The topological polar surface area (TPSA) is 35.6 Å². The van der Waals surface area contributed by atoms with Gasteiger partial charge in [-0.3, -0.25) is 15.0 Å². The Morgan fingerprint density at radius 3 is 2.28 bits per heavy atom. The van der Waals surface area contributed by atoms with Crippen LogP contribution in [0.15, 0.2) is 0 Å². The first kappa shape index (κ1) is 15.4. The number of hydrogen-bond donors (Lipinski definition) is 1. The summed E-state index contributed by atoms with van der Waals surface area (Å²) in [5.41, 5.74) is 0. The van der Waals surface area contributed by atoms with Gasteiger partial charge in [-0.05, 0) is 41.0 Å². The third-order valence-electron chi connectivity index (χ3n) is 3.78. The van der Waals surface area contributed by atoms with Crippen LogP contribution in [0.3, 0.4) is 0 Å². The van der Waals surface area contributed by atoms with Crippen LogP contribution in [0.1, 0.15) is 48.0 Å². The van der Waals surface area contributed by atoms with E-state index in [-0.39, 0.29) is 18.1 Å². The Hall–Kier alpha value is -0.610. The van der Waals surface area contributed by atoms with E-state index in [4.69, 9.17) is 0 Å². The van der Waals surface area contributed by atoms with Crippen LogP contribution in [-0.2, 0) is 4.79 Å². The van der Waals surface area contributed by atoms with Gasteiger partial charge in [-0.1, -0.05) is 6.92 Å². The Morgan fingerprint density at radius 1 is 1.28 bits per heavy atom. The van der Waals surface area contributed by atoms with Gasteiger partial charge >= 0.3 is 0 Å². The Balaban J connectivity index is 2.58.